The number of carbonyl (C=O) groups excluding carboxylic acids is 1. The van der Waals surface area contributed by atoms with Gasteiger partial charge in [-0.05, 0) is 12.0 Å². The van der Waals surface area contributed by atoms with Crippen LogP contribution in [0, 0.1) is 0 Å². The van der Waals surface area contributed by atoms with Gasteiger partial charge in [0.05, 0.1) is 6.26 Å². The number of rotatable bonds is 3. The number of esters is 1. The molecule has 1 N–H and O–H groups in total. The monoisotopic (exact) mass is 206 g/mol. The van der Waals surface area contributed by atoms with Gasteiger partial charge in [-0.3, -0.25) is 4.55 Å². The van der Waals surface area contributed by atoms with E-state index in [0.717, 1.165) is 6.26 Å². The molecule has 0 amide bonds. The van der Waals surface area contributed by atoms with Crippen molar-refractivity contribution in [3.63, 3.8) is 0 Å². The van der Waals surface area contributed by atoms with Gasteiger partial charge in [0, 0.05) is 0 Å². The van der Waals surface area contributed by atoms with Gasteiger partial charge in [-0.25, -0.2) is 4.79 Å². The molecule has 1 atom stereocenters. The molecule has 5 nitrogen and oxygen atoms in total. The maximum absolute atomic E-state index is 10.9. The van der Waals surface area contributed by atoms with Crippen molar-refractivity contribution >= 4 is 16.1 Å². The van der Waals surface area contributed by atoms with Crippen LogP contribution < -0.4 is 0 Å². The summed E-state index contributed by atoms with van der Waals surface area (Å²) >= 11 is 0. The Bertz CT molecular complexity index is 340. The molecule has 0 aliphatic carbocycles. The number of carbonyl (C=O) groups is 1. The van der Waals surface area contributed by atoms with E-state index in [1.54, 1.807) is 0 Å². The SMILES string of the molecule is CCCC1=COC(=O)C1S(=O)(=O)O. The second kappa shape index (κ2) is 3.47. The molecule has 1 aliphatic rings. The Morgan fingerprint density at radius 1 is 1.62 bits per heavy atom. The van der Waals surface area contributed by atoms with Crippen molar-refractivity contribution in [1.82, 2.24) is 0 Å². The highest BCUT2D eigenvalue weighted by molar-refractivity contribution is 7.87. The molecule has 0 aromatic heterocycles. The van der Waals surface area contributed by atoms with Crippen molar-refractivity contribution in [3.8, 4) is 0 Å². The number of hydrogen-bond acceptors (Lipinski definition) is 4. The van der Waals surface area contributed by atoms with Crippen LogP contribution in [0.4, 0.5) is 0 Å². The molecule has 1 aliphatic heterocycles. The third-order valence-electron chi connectivity index (χ3n) is 1.71. The zero-order valence-electron chi connectivity index (χ0n) is 7.06. The highest BCUT2D eigenvalue weighted by atomic mass is 32.2. The van der Waals surface area contributed by atoms with Gasteiger partial charge in [-0.2, -0.15) is 8.42 Å². The summed E-state index contributed by atoms with van der Waals surface area (Å²) in [6.07, 6.45) is 2.22. The van der Waals surface area contributed by atoms with Crippen LogP contribution >= 0.6 is 0 Å². The molecular formula is C7H10O5S. The molecule has 0 saturated carbocycles. The van der Waals surface area contributed by atoms with E-state index >= 15 is 0 Å². The Morgan fingerprint density at radius 3 is 2.69 bits per heavy atom. The fourth-order valence-electron chi connectivity index (χ4n) is 1.20. The summed E-state index contributed by atoms with van der Waals surface area (Å²) in [5.74, 6) is -0.925. The number of ether oxygens (including phenoxy) is 1. The van der Waals surface area contributed by atoms with Crippen LogP contribution in [0.3, 0.4) is 0 Å². The quantitative estimate of drug-likeness (QED) is 0.536. The lowest BCUT2D eigenvalue weighted by molar-refractivity contribution is -0.135. The van der Waals surface area contributed by atoms with E-state index in [-0.39, 0.29) is 0 Å². The molecule has 74 valence electrons. The molecule has 13 heavy (non-hydrogen) atoms. The molecule has 0 saturated heterocycles. The molecular weight excluding hydrogens is 196 g/mol. The van der Waals surface area contributed by atoms with E-state index in [4.69, 9.17) is 4.55 Å². The van der Waals surface area contributed by atoms with Crippen molar-refractivity contribution in [1.29, 1.82) is 0 Å². The topological polar surface area (TPSA) is 80.7 Å². The van der Waals surface area contributed by atoms with Crippen LogP contribution in [-0.4, -0.2) is 24.2 Å². The molecule has 0 aromatic rings. The van der Waals surface area contributed by atoms with Gasteiger partial charge in [0.25, 0.3) is 10.1 Å². The first-order valence-corrected chi connectivity index (χ1v) is 5.33. The van der Waals surface area contributed by atoms with Crippen LogP contribution in [0.2, 0.25) is 0 Å². The summed E-state index contributed by atoms with van der Waals surface area (Å²) < 4.78 is 34.6. The lowest BCUT2D eigenvalue weighted by atomic mass is 10.1. The van der Waals surface area contributed by atoms with Crippen molar-refractivity contribution in [2.45, 2.75) is 25.0 Å². The fraction of sp³-hybridized carbons (Fsp3) is 0.571. The van der Waals surface area contributed by atoms with Crippen LogP contribution in [0.1, 0.15) is 19.8 Å². The Morgan fingerprint density at radius 2 is 2.23 bits per heavy atom. The highest BCUT2D eigenvalue weighted by Gasteiger charge is 2.39. The Kier molecular flexibility index (Phi) is 2.72. The van der Waals surface area contributed by atoms with E-state index in [0.29, 0.717) is 18.4 Å². The van der Waals surface area contributed by atoms with Crippen molar-refractivity contribution in [3.05, 3.63) is 11.8 Å². The summed E-state index contributed by atoms with van der Waals surface area (Å²) in [5, 5.41) is -1.51. The van der Waals surface area contributed by atoms with Crippen LogP contribution in [0.15, 0.2) is 11.8 Å². The second-order valence-corrected chi connectivity index (χ2v) is 4.28. The van der Waals surface area contributed by atoms with Crippen LogP contribution in [0.25, 0.3) is 0 Å². The Balaban J connectivity index is 2.94. The minimum atomic E-state index is -4.37. The minimum absolute atomic E-state index is 0.315. The maximum atomic E-state index is 10.9. The zero-order chi connectivity index (χ0) is 10.1. The normalized spacial score (nSPS) is 22.8. The Hall–Kier alpha value is -0.880. The lowest BCUT2D eigenvalue weighted by Gasteiger charge is -2.05. The zero-order valence-corrected chi connectivity index (χ0v) is 7.87. The number of cyclic esters (lactones) is 1. The standard InChI is InChI=1S/C7H10O5S/c1-2-3-5-4-12-7(8)6(5)13(9,10)11/h4,6H,2-3H2,1H3,(H,9,10,11). The first-order valence-electron chi connectivity index (χ1n) is 3.82. The average Bonchev–Trinajstić information content (AvgIpc) is 2.31. The van der Waals surface area contributed by atoms with Gasteiger partial charge in [-0.15, -0.1) is 0 Å². The highest BCUT2D eigenvalue weighted by Crippen LogP contribution is 2.23. The van der Waals surface area contributed by atoms with E-state index in [1.807, 2.05) is 6.92 Å². The predicted octanol–water partition coefficient (Wildman–Crippen LogP) is 0.484. The van der Waals surface area contributed by atoms with Gasteiger partial charge in [-0.1, -0.05) is 13.3 Å². The van der Waals surface area contributed by atoms with E-state index in [1.165, 1.54) is 0 Å². The van der Waals surface area contributed by atoms with Crippen LogP contribution in [-0.2, 0) is 19.6 Å². The van der Waals surface area contributed by atoms with Crippen molar-refractivity contribution in [2.24, 2.45) is 0 Å². The lowest BCUT2D eigenvalue weighted by Crippen LogP contribution is -2.28. The van der Waals surface area contributed by atoms with Gasteiger partial charge in [0.15, 0.2) is 0 Å². The average molecular weight is 206 g/mol. The summed E-state index contributed by atoms with van der Waals surface area (Å²) in [7, 11) is -4.37. The predicted molar refractivity (Wildman–Crippen MR) is 44.4 cm³/mol. The third-order valence-corrected chi connectivity index (χ3v) is 2.80. The van der Waals surface area contributed by atoms with E-state index in [2.05, 4.69) is 4.74 Å². The molecule has 0 bridgehead atoms. The number of hydrogen-bond donors (Lipinski definition) is 1. The van der Waals surface area contributed by atoms with Gasteiger partial charge in [0.1, 0.15) is 0 Å². The minimum Gasteiger partial charge on any atom is -0.433 e. The molecule has 0 aromatic carbocycles. The summed E-state index contributed by atoms with van der Waals surface area (Å²) in [6.45, 7) is 1.84. The van der Waals surface area contributed by atoms with Crippen molar-refractivity contribution < 1.29 is 22.5 Å². The van der Waals surface area contributed by atoms with Crippen molar-refractivity contribution in [2.75, 3.05) is 0 Å². The van der Waals surface area contributed by atoms with Gasteiger partial charge in [0.2, 0.25) is 5.25 Å². The largest absolute Gasteiger partial charge is 0.433 e. The van der Waals surface area contributed by atoms with Gasteiger partial charge < -0.3 is 4.74 Å². The van der Waals surface area contributed by atoms with E-state index < -0.39 is 21.3 Å². The third kappa shape index (κ3) is 2.07. The molecule has 0 fully saturated rings. The summed E-state index contributed by atoms with van der Waals surface area (Å²) in [5.41, 5.74) is 0.315. The first kappa shape index (κ1) is 10.2. The molecule has 1 heterocycles. The molecule has 1 rings (SSSR count). The Labute approximate surface area is 76.1 Å². The summed E-state index contributed by atoms with van der Waals surface area (Å²) in [6, 6.07) is 0. The van der Waals surface area contributed by atoms with E-state index in [9.17, 15) is 13.2 Å². The summed E-state index contributed by atoms with van der Waals surface area (Å²) in [4.78, 5) is 10.9. The molecule has 0 radical (unpaired) electrons. The molecule has 6 heteroatoms. The van der Waals surface area contributed by atoms with Crippen LogP contribution in [0.5, 0.6) is 0 Å². The smallest absolute Gasteiger partial charge is 0.336 e. The second-order valence-electron chi connectivity index (χ2n) is 2.77. The fourth-order valence-corrected chi connectivity index (χ4v) is 2.06. The first-order chi connectivity index (χ1) is 5.96. The van der Waals surface area contributed by atoms with Gasteiger partial charge >= 0.3 is 5.97 Å². The molecule has 1 unspecified atom stereocenters. The maximum Gasteiger partial charge on any atom is 0.336 e. The molecule has 0 spiro atoms.